The quantitative estimate of drug-likeness (QED) is 0.338. The van der Waals surface area contributed by atoms with Crippen molar-refractivity contribution in [3.8, 4) is 5.75 Å². The van der Waals surface area contributed by atoms with Crippen LogP contribution < -0.4 is 15.6 Å². The summed E-state index contributed by atoms with van der Waals surface area (Å²) in [5.74, 6) is 0.730. The van der Waals surface area contributed by atoms with Crippen molar-refractivity contribution in [1.82, 2.24) is 14.5 Å². The number of nitrogens with zero attached hydrogens (tertiary/aromatic N) is 3. The average molecular weight is 447 g/mol. The predicted octanol–water partition coefficient (Wildman–Crippen LogP) is 4.22. The molecule has 0 bridgehead atoms. The molecule has 0 aliphatic carbocycles. The van der Waals surface area contributed by atoms with E-state index in [-0.39, 0.29) is 17.2 Å². The molecule has 0 radical (unpaired) electrons. The standard InChI is InChI=1S/C19H18N4O3S3/c1-3-23-17(25)16-13(7-8-27-16)21-19(23)28-10-15(24)22-18-20-12-6-5-11(26-4-2)9-14(12)29-18/h5-9H,3-4,10H2,1-2H3,(H,20,22,24). The first kappa shape index (κ1) is 19.9. The third-order valence-electron chi connectivity index (χ3n) is 4.10. The highest BCUT2D eigenvalue weighted by Gasteiger charge is 2.14. The van der Waals surface area contributed by atoms with Crippen molar-refractivity contribution in [2.75, 3.05) is 17.7 Å². The number of anilines is 1. The summed E-state index contributed by atoms with van der Waals surface area (Å²) in [5, 5.41) is 5.76. The molecule has 4 aromatic rings. The Kier molecular flexibility index (Phi) is 5.84. The number of carbonyl (C=O) groups is 1. The fraction of sp³-hybridized carbons (Fsp3) is 0.263. The number of rotatable bonds is 7. The van der Waals surface area contributed by atoms with Crippen LogP contribution in [0.5, 0.6) is 5.75 Å². The van der Waals surface area contributed by atoms with E-state index in [2.05, 4.69) is 15.3 Å². The Morgan fingerprint density at radius 3 is 2.90 bits per heavy atom. The minimum Gasteiger partial charge on any atom is -0.494 e. The minimum atomic E-state index is -0.193. The van der Waals surface area contributed by atoms with Gasteiger partial charge in [-0.3, -0.25) is 14.2 Å². The fourth-order valence-corrected chi connectivity index (χ4v) is 5.36. The van der Waals surface area contributed by atoms with Crippen molar-refractivity contribution in [3.63, 3.8) is 0 Å². The summed E-state index contributed by atoms with van der Waals surface area (Å²) in [7, 11) is 0. The normalized spacial score (nSPS) is 11.2. The van der Waals surface area contributed by atoms with Gasteiger partial charge in [0.2, 0.25) is 5.91 Å². The van der Waals surface area contributed by atoms with Crippen LogP contribution in [0.1, 0.15) is 13.8 Å². The van der Waals surface area contributed by atoms with Crippen LogP contribution in [0.3, 0.4) is 0 Å². The monoisotopic (exact) mass is 446 g/mol. The highest BCUT2D eigenvalue weighted by Crippen LogP contribution is 2.29. The number of hydrogen-bond acceptors (Lipinski definition) is 8. The maximum absolute atomic E-state index is 12.6. The predicted molar refractivity (Wildman–Crippen MR) is 120 cm³/mol. The number of carbonyl (C=O) groups excluding carboxylic acids is 1. The van der Waals surface area contributed by atoms with Gasteiger partial charge in [-0.1, -0.05) is 23.1 Å². The van der Waals surface area contributed by atoms with Gasteiger partial charge >= 0.3 is 0 Å². The summed E-state index contributed by atoms with van der Waals surface area (Å²) in [4.78, 5) is 34.0. The van der Waals surface area contributed by atoms with Gasteiger partial charge in [-0.05, 0) is 43.5 Å². The highest BCUT2D eigenvalue weighted by molar-refractivity contribution is 7.99. The zero-order valence-electron chi connectivity index (χ0n) is 15.8. The summed E-state index contributed by atoms with van der Waals surface area (Å²) in [6.07, 6.45) is 0. The lowest BCUT2D eigenvalue weighted by Gasteiger charge is -2.09. The van der Waals surface area contributed by atoms with Crippen LogP contribution >= 0.6 is 34.4 Å². The molecule has 0 fully saturated rings. The zero-order valence-corrected chi connectivity index (χ0v) is 18.2. The molecule has 1 N–H and O–H groups in total. The average Bonchev–Trinajstić information content (AvgIpc) is 3.32. The van der Waals surface area contributed by atoms with Crippen LogP contribution in [-0.2, 0) is 11.3 Å². The molecule has 3 aromatic heterocycles. The Labute approximate surface area is 178 Å². The number of thiazole rings is 1. The number of benzene rings is 1. The van der Waals surface area contributed by atoms with E-state index in [1.54, 1.807) is 4.57 Å². The van der Waals surface area contributed by atoms with Crippen molar-refractivity contribution >= 4 is 65.9 Å². The number of fused-ring (bicyclic) bond motifs is 2. The van der Waals surface area contributed by atoms with Gasteiger partial charge in [0.1, 0.15) is 10.4 Å². The van der Waals surface area contributed by atoms with E-state index in [9.17, 15) is 9.59 Å². The number of hydrogen-bond donors (Lipinski definition) is 1. The molecular weight excluding hydrogens is 428 g/mol. The molecule has 0 atom stereocenters. The smallest absolute Gasteiger partial charge is 0.272 e. The van der Waals surface area contributed by atoms with Crippen molar-refractivity contribution < 1.29 is 9.53 Å². The first-order valence-electron chi connectivity index (χ1n) is 9.03. The molecule has 150 valence electrons. The van der Waals surface area contributed by atoms with Gasteiger partial charge in [0, 0.05) is 6.54 Å². The molecule has 1 aromatic carbocycles. The van der Waals surface area contributed by atoms with Gasteiger partial charge in [-0.25, -0.2) is 9.97 Å². The molecule has 4 rings (SSSR count). The van der Waals surface area contributed by atoms with E-state index >= 15 is 0 Å². The molecule has 1 amide bonds. The van der Waals surface area contributed by atoms with Gasteiger partial charge in [0.15, 0.2) is 10.3 Å². The molecule has 0 spiro atoms. The Hall–Kier alpha value is -2.43. The molecule has 0 saturated heterocycles. The second-order valence-electron chi connectivity index (χ2n) is 6.00. The SMILES string of the molecule is CCOc1ccc2nc(NC(=O)CSc3nc4ccsc4c(=O)n3CC)sc2c1. The molecule has 0 unspecified atom stereocenters. The second kappa shape index (κ2) is 8.52. The van der Waals surface area contributed by atoms with Crippen LogP contribution in [0.4, 0.5) is 5.13 Å². The Bertz CT molecular complexity index is 1240. The lowest BCUT2D eigenvalue weighted by atomic mass is 10.3. The molecule has 0 aliphatic rings. The largest absolute Gasteiger partial charge is 0.494 e. The van der Waals surface area contributed by atoms with Gasteiger partial charge in [0.05, 0.1) is 28.1 Å². The summed E-state index contributed by atoms with van der Waals surface area (Å²) in [6.45, 7) is 4.93. The topological polar surface area (TPSA) is 86.1 Å². The minimum absolute atomic E-state index is 0.0633. The van der Waals surface area contributed by atoms with Crippen LogP contribution in [0.25, 0.3) is 20.4 Å². The second-order valence-corrected chi connectivity index (χ2v) is 8.89. The number of ether oxygens (including phenoxy) is 1. The number of amides is 1. The van der Waals surface area contributed by atoms with Crippen molar-refractivity contribution in [3.05, 3.63) is 40.0 Å². The number of thiophene rings is 1. The Morgan fingerprint density at radius 2 is 2.10 bits per heavy atom. The van der Waals surface area contributed by atoms with Gasteiger partial charge in [-0.2, -0.15) is 0 Å². The molecule has 10 heteroatoms. The van der Waals surface area contributed by atoms with Crippen LogP contribution in [0, 0.1) is 0 Å². The molecular formula is C19H18N4O3S3. The van der Waals surface area contributed by atoms with E-state index < -0.39 is 0 Å². The zero-order chi connectivity index (χ0) is 20.4. The van der Waals surface area contributed by atoms with E-state index in [1.165, 1.54) is 34.4 Å². The van der Waals surface area contributed by atoms with Crippen molar-refractivity contribution in [2.45, 2.75) is 25.5 Å². The molecule has 29 heavy (non-hydrogen) atoms. The molecule has 0 aliphatic heterocycles. The summed E-state index contributed by atoms with van der Waals surface area (Å²) >= 11 is 4.03. The third-order valence-corrected chi connectivity index (χ3v) is 6.90. The number of aromatic nitrogens is 3. The maximum Gasteiger partial charge on any atom is 0.272 e. The molecule has 0 saturated carbocycles. The van der Waals surface area contributed by atoms with E-state index in [0.29, 0.717) is 33.7 Å². The lowest BCUT2D eigenvalue weighted by Crippen LogP contribution is -2.22. The lowest BCUT2D eigenvalue weighted by molar-refractivity contribution is -0.113. The van der Waals surface area contributed by atoms with Crippen molar-refractivity contribution in [1.29, 1.82) is 0 Å². The van der Waals surface area contributed by atoms with Crippen LogP contribution in [0.2, 0.25) is 0 Å². The fourth-order valence-electron chi connectivity index (χ4n) is 2.81. The van der Waals surface area contributed by atoms with Crippen molar-refractivity contribution in [2.24, 2.45) is 0 Å². The summed E-state index contributed by atoms with van der Waals surface area (Å²) in [6, 6.07) is 7.48. The molecule has 3 heterocycles. The summed E-state index contributed by atoms with van der Waals surface area (Å²) in [5.41, 5.74) is 1.42. The highest BCUT2D eigenvalue weighted by atomic mass is 32.2. The Balaban J connectivity index is 1.47. The van der Waals surface area contributed by atoms with E-state index in [0.717, 1.165) is 16.0 Å². The van der Waals surface area contributed by atoms with Crippen LogP contribution in [-0.4, -0.2) is 32.8 Å². The van der Waals surface area contributed by atoms with Gasteiger partial charge < -0.3 is 10.1 Å². The van der Waals surface area contributed by atoms with Gasteiger partial charge in [-0.15, -0.1) is 11.3 Å². The Morgan fingerprint density at radius 1 is 1.24 bits per heavy atom. The van der Waals surface area contributed by atoms with Crippen LogP contribution in [0.15, 0.2) is 39.6 Å². The summed E-state index contributed by atoms with van der Waals surface area (Å²) < 4.78 is 8.69. The number of nitrogens with one attached hydrogen (secondary N) is 1. The molecule has 7 nitrogen and oxygen atoms in total. The first-order valence-corrected chi connectivity index (χ1v) is 11.7. The van der Waals surface area contributed by atoms with E-state index in [1.807, 2.05) is 43.5 Å². The third kappa shape index (κ3) is 4.14. The first-order chi connectivity index (χ1) is 14.1. The maximum atomic E-state index is 12.6. The number of thioether (sulfide) groups is 1. The van der Waals surface area contributed by atoms with Gasteiger partial charge in [0.25, 0.3) is 5.56 Å². The van der Waals surface area contributed by atoms with E-state index in [4.69, 9.17) is 4.74 Å².